The molecule has 0 spiro atoms. The van der Waals surface area contributed by atoms with Gasteiger partial charge in [-0.05, 0) is 40.0 Å². The Morgan fingerprint density at radius 3 is 2.68 bits per heavy atom. The van der Waals surface area contributed by atoms with E-state index in [0.717, 1.165) is 27.7 Å². The van der Waals surface area contributed by atoms with Crippen molar-refractivity contribution >= 4 is 33.3 Å². The number of aromatic nitrogens is 1. The number of rotatable bonds is 2. The summed E-state index contributed by atoms with van der Waals surface area (Å²) in [5, 5.41) is 0.603. The first-order valence-electron chi connectivity index (χ1n) is 7.17. The van der Waals surface area contributed by atoms with Crippen molar-refractivity contribution in [3.63, 3.8) is 0 Å². The normalized spacial score (nSPS) is 12.5. The molecule has 3 rings (SSSR count). The molecule has 0 aliphatic heterocycles. The van der Waals surface area contributed by atoms with Gasteiger partial charge in [-0.25, -0.2) is 4.98 Å². The van der Waals surface area contributed by atoms with Crippen LogP contribution in [0.5, 0.6) is 5.88 Å². The molecule has 1 aliphatic carbocycles. The fourth-order valence-electron chi connectivity index (χ4n) is 2.43. The molecular weight excluding hydrogens is 366 g/mol. The number of pyridine rings is 1. The summed E-state index contributed by atoms with van der Waals surface area (Å²) in [4.78, 5) is 16.3. The first-order valence-corrected chi connectivity index (χ1v) is 8.34. The van der Waals surface area contributed by atoms with Gasteiger partial charge in [0.05, 0.1) is 23.4 Å². The molecule has 0 saturated carbocycles. The van der Waals surface area contributed by atoms with E-state index in [9.17, 15) is 4.79 Å². The number of ether oxygens (including phenoxy) is 1. The summed E-state index contributed by atoms with van der Waals surface area (Å²) in [5.41, 5.74) is 3.14. The highest BCUT2D eigenvalue weighted by Gasteiger charge is 2.26. The average Bonchev–Trinajstić information content (AvgIpc) is 2.92. The molecule has 1 aromatic carbocycles. The van der Waals surface area contributed by atoms with Crippen LogP contribution in [-0.2, 0) is 6.42 Å². The highest BCUT2D eigenvalue weighted by atomic mass is 79.9. The smallest absolute Gasteiger partial charge is 0.224 e. The van der Waals surface area contributed by atoms with Crippen LogP contribution in [0.25, 0.3) is 11.3 Å². The summed E-state index contributed by atoms with van der Waals surface area (Å²) >= 11 is 9.71. The van der Waals surface area contributed by atoms with Gasteiger partial charge < -0.3 is 4.74 Å². The maximum Gasteiger partial charge on any atom is 0.224 e. The molecule has 3 nitrogen and oxygen atoms in total. The topological polar surface area (TPSA) is 39.2 Å². The third-order valence-electron chi connectivity index (χ3n) is 3.39. The van der Waals surface area contributed by atoms with Gasteiger partial charge >= 0.3 is 0 Å². The molecule has 0 radical (unpaired) electrons. The lowest BCUT2D eigenvalue weighted by molar-refractivity contribution is 0.0991. The minimum absolute atomic E-state index is 0.0937. The Morgan fingerprint density at radius 2 is 2.00 bits per heavy atom. The Balaban J connectivity index is 0.000000847. The quantitative estimate of drug-likeness (QED) is 0.705. The van der Waals surface area contributed by atoms with Gasteiger partial charge in [0.15, 0.2) is 5.78 Å². The third-order valence-corrected chi connectivity index (χ3v) is 4.69. The second kappa shape index (κ2) is 7.25. The number of nitrogens with zero attached hydrogens (tertiary/aromatic N) is 1. The second-order valence-corrected chi connectivity index (χ2v) is 5.81. The zero-order chi connectivity index (χ0) is 16.3. The van der Waals surface area contributed by atoms with E-state index in [-0.39, 0.29) is 5.78 Å². The average molecular weight is 383 g/mol. The van der Waals surface area contributed by atoms with E-state index in [2.05, 4.69) is 20.9 Å². The van der Waals surface area contributed by atoms with E-state index in [1.54, 1.807) is 0 Å². The van der Waals surface area contributed by atoms with Crippen molar-refractivity contribution in [3.05, 3.63) is 44.9 Å². The maximum atomic E-state index is 11.9. The van der Waals surface area contributed by atoms with Crippen molar-refractivity contribution in [2.45, 2.75) is 26.7 Å². The zero-order valence-electron chi connectivity index (χ0n) is 12.7. The number of fused-ring (bicyclic) bond motifs is 1. The first kappa shape index (κ1) is 17.0. The first-order chi connectivity index (χ1) is 10.6. The summed E-state index contributed by atoms with van der Waals surface area (Å²) in [5.74, 6) is 0.479. The SMILES string of the molecule is CC.COc1nc(-c2cccc(Br)c2Cl)cc2c1C(=O)CC2. The summed E-state index contributed by atoms with van der Waals surface area (Å²) in [6, 6.07) is 7.60. The number of hydrogen-bond acceptors (Lipinski definition) is 3. The van der Waals surface area contributed by atoms with Crippen LogP contribution in [0.2, 0.25) is 5.02 Å². The van der Waals surface area contributed by atoms with Gasteiger partial charge in [-0.3, -0.25) is 4.79 Å². The monoisotopic (exact) mass is 381 g/mol. The van der Waals surface area contributed by atoms with E-state index in [0.29, 0.717) is 22.9 Å². The highest BCUT2D eigenvalue weighted by molar-refractivity contribution is 9.10. The number of hydrogen-bond donors (Lipinski definition) is 0. The molecule has 0 unspecified atom stereocenters. The molecule has 0 amide bonds. The van der Waals surface area contributed by atoms with Crippen molar-refractivity contribution in [2.75, 3.05) is 7.11 Å². The van der Waals surface area contributed by atoms with Crippen LogP contribution in [0.1, 0.15) is 36.2 Å². The van der Waals surface area contributed by atoms with Gasteiger partial charge in [-0.1, -0.05) is 37.6 Å². The van der Waals surface area contributed by atoms with Gasteiger partial charge in [0.1, 0.15) is 0 Å². The van der Waals surface area contributed by atoms with Crippen molar-refractivity contribution < 1.29 is 9.53 Å². The van der Waals surface area contributed by atoms with Gasteiger partial charge in [-0.2, -0.15) is 0 Å². The lowest BCUT2D eigenvalue weighted by atomic mass is 10.1. The molecule has 5 heteroatoms. The predicted octanol–water partition coefficient (Wildman–Crippen LogP) is 5.33. The number of carbonyl (C=O) groups is 1. The number of aryl methyl sites for hydroxylation is 1. The van der Waals surface area contributed by atoms with Crippen LogP contribution in [-0.4, -0.2) is 17.9 Å². The minimum atomic E-state index is 0.0937. The molecule has 2 aromatic rings. The van der Waals surface area contributed by atoms with Gasteiger partial charge in [0, 0.05) is 16.5 Å². The van der Waals surface area contributed by atoms with Crippen LogP contribution in [0.4, 0.5) is 0 Å². The van der Waals surface area contributed by atoms with Crippen molar-refractivity contribution in [1.82, 2.24) is 4.98 Å². The summed E-state index contributed by atoms with van der Waals surface area (Å²) in [7, 11) is 1.53. The van der Waals surface area contributed by atoms with E-state index < -0.39 is 0 Å². The largest absolute Gasteiger partial charge is 0.480 e. The van der Waals surface area contributed by atoms with Crippen molar-refractivity contribution in [3.8, 4) is 17.1 Å². The van der Waals surface area contributed by atoms with Crippen LogP contribution >= 0.6 is 27.5 Å². The van der Waals surface area contributed by atoms with Crippen LogP contribution in [0.15, 0.2) is 28.7 Å². The molecule has 0 bridgehead atoms. The molecule has 1 aromatic heterocycles. The van der Waals surface area contributed by atoms with E-state index in [1.165, 1.54) is 7.11 Å². The number of halogens is 2. The Kier molecular flexibility index (Phi) is 5.59. The van der Waals surface area contributed by atoms with Crippen LogP contribution in [0.3, 0.4) is 0 Å². The fourth-order valence-corrected chi connectivity index (χ4v) is 3.02. The summed E-state index contributed by atoms with van der Waals surface area (Å²) in [6.45, 7) is 4.00. The molecule has 116 valence electrons. The Bertz CT molecular complexity index is 716. The lowest BCUT2D eigenvalue weighted by Crippen LogP contribution is -2.01. The van der Waals surface area contributed by atoms with Crippen molar-refractivity contribution in [1.29, 1.82) is 0 Å². The van der Waals surface area contributed by atoms with Gasteiger partial charge in [0.25, 0.3) is 0 Å². The predicted molar refractivity (Wildman–Crippen MR) is 92.9 cm³/mol. The maximum absolute atomic E-state index is 11.9. The van der Waals surface area contributed by atoms with E-state index in [4.69, 9.17) is 16.3 Å². The number of methoxy groups -OCH3 is 1. The molecule has 22 heavy (non-hydrogen) atoms. The molecule has 1 aliphatic rings. The lowest BCUT2D eigenvalue weighted by Gasteiger charge is -2.10. The molecule has 0 atom stereocenters. The van der Waals surface area contributed by atoms with Crippen molar-refractivity contribution in [2.24, 2.45) is 0 Å². The second-order valence-electron chi connectivity index (χ2n) is 4.58. The highest BCUT2D eigenvalue weighted by Crippen LogP contribution is 2.37. The molecule has 0 N–H and O–H groups in total. The van der Waals surface area contributed by atoms with Gasteiger partial charge in [0.2, 0.25) is 5.88 Å². The zero-order valence-corrected chi connectivity index (χ0v) is 15.1. The number of carbonyl (C=O) groups excluding carboxylic acids is 1. The minimum Gasteiger partial charge on any atom is -0.480 e. The van der Waals surface area contributed by atoms with E-state index in [1.807, 2.05) is 38.1 Å². The molecular formula is C17H17BrClNO2. The fraction of sp³-hybridized carbons (Fsp3) is 0.294. The molecule has 1 heterocycles. The van der Waals surface area contributed by atoms with Gasteiger partial charge in [-0.15, -0.1) is 0 Å². The Morgan fingerprint density at radius 1 is 1.27 bits per heavy atom. The number of benzene rings is 1. The standard InChI is InChI=1S/C15H11BrClNO2.C2H6/c1-20-15-13-8(5-6-12(13)19)7-11(18-15)9-3-2-4-10(16)14(9)17;1-2/h2-4,7H,5-6H2,1H3;1-2H3. The molecule has 0 fully saturated rings. The summed E-state index contributed by atoms with van der Waals surface area (Å²) < 4.78 is 6.09. The third kappa shape index (κ3) is 3.03. The molecule has 0 saturated heterocycles. The Hall–Kier alpha value is -1.39. The number of ketones is 1. The van der Waals surface area contributed by atoms with Crippen LogP contribution < -0.4 is 4.74 Å². The van der Waals surface area contributed by atoms with E-state index >= 15 is 0 Å². The summed E-state index contributed by atoms with van der Waals surface area (Å²) in [6.07, 6.45) is 1.24. The Labute approximate surface area is 143 Å². The number of Topliss-reactive ketones (excluding diaryl/α,β-unsaturated/α-hetero) is 1. The van der Waals surface area contributed by atoms with Crippen LogP contribution in [0, 0.1) is 0 Å².